The van der Waals surface area contributed by atoms with E-state index in [0.717, 1.165) is 42.9 Å². The molecule has 0 atom stereocenters. The Bertz CT molecular complexity index is 702. The molecule has 1 fully saturated rings. The molecule has 0 spiro atoms. The van der Waals surface area contributed by atoms with Gasteiger partial charge in [-0.15, -0.1) is 24.8 Å². The van der Waals surface area contributed by atoms with Gasteiger partial charge in [-0.05, 0) is 42.7 Å². The number of nitrogens with two attached hydrogens (primary N) is 1. The lowest BCUT2D eigenvalue weighted by atomic mass is 10.1. The summed E-state index contributed by atoms with van der Waals surface area (Å²) in [7, 11) is 0. The fourth-order valence-electron chi connectivity index (χ4n) is 2.98. The van der Waals surface area contributed by atoms with Crippen LogP contribution < -0.4 is 16.0 Å². The van der Waals surface area contributed by atoms with Crippen LogP contribution in [0.4, 0.5) is 17.1 Å². The van der Waals surface area contributed by atoms with E-state index >= 15 is 0 Å². The number of aliphatic hydroxyl groups is 1. The lowest BCUT2D eigenvalue weighted by molar-refractivity contribution is -0.115. The van der Waals surface area contributed by atoms with Gasteiger partial charge >= 0.3 is 0 Å². The molecule has 3 rings (SSSR count). The van der Waals surface area contributed by atoms with Gasteiger partial charge in [0.05, 0.1) is 23.9 Å². The van der Waals surface area contributed by atoms with Crippen molar-refractivity contribution >= 4 is 47.8 Å². The van der Waals surface area contributed by atoms with Crippen LogP contribution >= 0.6 is 24.8 Å². The fourth-order valence-corrected chi connectivity index (χ4v) is 2.98. The molecule has 4 N–H and O–H groups in total. The van der Waals surface area contributed by atoms with Crippen LogP contribution in [-0.4, -0.2) is 30.2 Å². The van der Waals surface area contributed by atoms with Crippen LogP contribution in [0.2, 0.25) is 0 Å². The Balaban J connectivity index is 0.00000169. The molecule has 0 bridgehead atoms. The summed E-state index contributed by atoms with van der Waals surface area (Å²) in [6, 6.07) is 15.2. The van der Waals surface area contributed by atoms with Crippen molar-refractivity contribution in [1.29, 1.82) is 0 Å². The van der Waals surface area contributed by atoms with Gasteiger partial charge in [0.25, 0.3) is 0 Å². The van der Waals surface area contributed by atoms with Crippen LogP contribution in [-0.2, 0) is 11.2 Å². The van der Waals surface area contributed by atoms with Crippen molar-refractivity contribution < 1.29 is 9.90 Å². The second-order valence-corrected chi connectivity index (χ2v) is 6.20. The Morgan fingerprint density at radius 2 is 1.69 bits per heavy atom. The Hall–Kier alpha value is -1.95. The minimum absolute atomic E-state index is 0. The van der Waals surface area contributed by atoms with Gasteiger partial charge in [-0.2, -0.15) is 0 Å². The van der Waals surface area contributed by atoms with Gasteiger partial charge in [0.15, 0.2) is 0 Å². The monoisotopic (exact) mass is 397 g/mol. The Kier molecular flexibility index (Phi) is 8.72. The zero-order chi connectivity index (χ0) is 16.9. The van der Waals surface area contributed by atoms with Crippen molar-refractivity contribution in [3.63, 3.8) is 0 Å². The number of para-hydroxylation sites is 2. The van der Waals surface area contributed by atoms with Crippen LogP contribution in [0.3, 0.4) is 0 Å². The molecule has 0 radical (unpaired) electrons. The zero-order valence-electron chi connectivity index (χ0n) is 14.4. The number of nitrogens with zero attached hydrogens (tertiary/aromatic N) is 1. The van der Waals surface area contributed by atoms with E-state index in [9.17, 15) is 9.90 Å². The summed E-state index contributed by atoms with van der Waals surface area (Å²) >= 11 is 0. The van der Waals surface area contributed by atoms with Crippen LogP contribution in [0.5, 0.6) is 0 Å². The Labute approximate surface area is 166 Å². The predicted molar refractivity (Wildman–Crippen MR) is 112 cm³/mol. The molecular weight excluding hydrogens is 373 g/mol. The highest BCUT2D eigenvalue weighted by atomic mass is 35.5. The topological polar surface area (TPSA) is 78.6 Å². The number of hydrogen-bond acceptors (Lipinski definition) is 4. The molecule has 0 aromatic heterocycles. The highest BCUT2D eigenvalue weighted by Gasteiger charge is 2.19. The summed E-state index contributed by atoms with van der Waals surface area (Å²) in [5.74, 6) is -0.0516. The number of nitrogens with one attached hydrogen (secondary N) is 1. The molecule has 2 aromatic rings. The Morgan fingerprint density at radius 3 is 2.35 bits per heavy atom. The smallest absolute Gasteiger partial charge is 0.228 e. The van der Waals surface area contributed by atoms with Crippen LogP contribution in [0, 0.1) is 0 Å². The summed E-state index contributed by atoms with van der Waals surface area (Å²) in [6.07, 6.45) is 1.61. The number of piperidine rings is 1. The van der Waals surface area contributed by atoms with Gasteiger partial charge in [-0.25, -0.2) is 0 Å². The summed E-state index contributed by atoms with van der Waals surface area (Å²) in [6.45, 7) is 1.60. The van der Waals surface area contributed by atoms with E-state index in [1.54, 1.807) is 12.1 Å². The van der Waals surface area contributed by atoms with E-state index in [4.69, 9.17) is 5.73 Å². The average molecular weight is 398 g/mol. The fraction of sp³-hybridized carbons (Fsp3) is 0.316. The summed E-state index contributed by atoms with van der Waals surface area (Å²) in [5, 5.41) is 12.7. The van der Waals surface area contributed by atoms with Gasteiger partial charge in [0, 0.05) is 18.8 Å². The van der Waals surface area contributed by atoms with Crippen molar-refractivity contribution in [3.05, 3.63) is 54.1 Å². The van der Waals surface area contributed by atoms with E-state index in [1.165, 1.54) is 0 Å². The quantitative estimate of drug-likeness (QED) is 0.691. The average Bonchev–Trinajstić information content (AvgIpc) is 2.58. The van der Waals surface area contributed by atoms with Gasteiger partial charge in [0.1, 0.15) is 0 Å². The maximum absolute atomic E-state index is 12.4. The third-order valence-corrected chi connectivity index (χ3v) is 4.33. The second-order valence-electron chi connectivity index (χ2n) is 6.20. The molecule has 1 heterocycles. The molecule has 1 aliphatic heterocycles. The first kappa shape index (κ1) is 22.1. The number of carbonyl (C=O) groups excluding carboxylic acids is 1. The summed E-state index contributed by atoms with van der Waals surface area (Å²) in [4.78, 5) is 14.6. The highest BCUT2D eigenvalue weighted by Crippen LogP contribution is 2.28. The minimum atomic E-state index is -0.214. The van der Waals surface area contributed by atoms with Gasteiger partial charge in [0.2, 0.25) is 5.91 Å². The number of nitrogen functional groups attached to an aromatic ring is 1. The largest absolute Gasteiger partial charge is 0.399 e. The van der Waals surface area contributed by atoms with Crippen molar-refractivity contribution in [1.82, 2.24) is 0 Å². The zero-order valence-corrected chi connectivity index (χ0v) is 16.1. The van der Waals surface area contributed by atoms with Crippen LogP contribution in [0.25, 0.3) is 0 Å². The maximum Gasteiger partial charge on any atom is 0.228 e. The first-order valence-corrected chi connectivity index (χ1v) is 8.28. The molecular formula is C19H25Cl2N3O2. The molecule has 1 saturated heterocycles. The summed E-state index contributed by atoms with van der Waals surface area (Å²) in [5.41, 5.74) is 9.12. The SMILES string of the molecule is Cl.Cl.Nc1ccc(CC(=O)Nc2ccccc2N2CCC(O)CC2)cc1. The van der Waals surface area contributed by atoms with Crippen molar-refractivity contribution in [2.75, 3.05) is 29.0 Å². The number of halogens is 2. The molecule has 0 unspecified atom stereocenters. The Morgan fingerprint density at radius 1 is 1.08 bits per heavy atom. The number of amides is 1. The molecule has 2 aromatic carbocycles. The standard InChI is InChI=1S/C19H23N3O2.2ClH/c20-15-7-5-14(6-8-15)13-19(24)21-17-3-1-2-4-18(17)22-11-9-16(23)10-12-22;;/h1-8,16,23H,9-13,20H2,(H,21,24);2*1H. The van der Waals surface area contributed by atoms with Crippen molar-refractivity contribution in [2.24, 2.45) is 0 Å². The number of aliphatic hydroxyl groups excluding tert-OH is 1. The van der Waals surface area contributed by atoms with Gasteiger partial charge in [-0.3, -0.25) is 4.79 Å². The normalized spacial score (nSPS) is 14.1. The minimum Gasteiger partial charge on any atom is -0.399 e. The lowest BCUT2D eigenvalue weighted by Gasteiger charge is -2.32. The predicted octanol–water partition coefficient (Wildman–Crippen LogP) is 3.25. The molecule has 0 aliphatic carbocycles. The van der Waals surface area contributed by atoms with Crippen LogP contribution in [0.15, 0.2) is 48.5 Å². The first-order chi connectivity index (χ1) is 11.6. The number of rotatable bonds is 4. The first-order valence-electron chi connectivity index (χ1n) is 8.28. The molecule has 7 heteroatoms. The molecule has 0 saturated carbocycles. The molecule has 142 valence electrons. The lowest BCUT2D eigenvalue weighted by Crippen LogP contribution is -2.36. The van der Waals surface area contributed by atoms with E-state index in [-0.39, 0.29) is 36.8 Å². The number of carbonyl (C=O) groups is 1. The number of benzene rings is 2. The highest BCUT2D eigenvalue weighted by molar-refractivity contribution is 5.95. The summed E-state index contributed by atoms with van der Waals surface area (Å²) < 4.78 is 0. The second kappa shape index (κ2) is 10.3. The molecule has 26 heavy (non-hydrogen) atoms. The van der Waals surface area contributed by atoms with Crippen LogP contribution in [0.1, 0.15) is 18.4 Å². The van der Waals surface area contributed by atoms with E-state index in [1.807, 2.05) is 36.4 Å². The van der Waals surface area contributed by atoms with Crippen molar-refractivity contribution in [3.8, 4) is 0 Å². The molecule has 1 aliphatic rings. The van der Waals surface area contributed by atoms with E-state index in [2.05, 4.69) is 10.2 Å². The third-order valence-electron chi connectivity index (χ3n) is 4.33. The third kappa shape index (κ3) is 5.80. The van der Waals surface area contributed by atoms with Gasteiger partial charge in [-0.1, -0.05) is 24.3 Å². The van der Waals surface area contributed by atoms with E-state index < -0.39 is 0 Å². The maximum atomic E-state index is 12.4. The number of hydrogen-bond donors (Lipinski definition) is 3. The van der Waals surface area contributed by atoms with Gasteiger partial charge < -0.3 is 21.1 Å². The van der Waals surface area contributed by atoms with E-state index in [0.29, 0.717) is 12.1 Å². The number of anilines is 3. The van der Waals surface area contributed by atoms with Crippen molar-refractivity contribution in [2.45, 2.75) is 25.4 Å². The molecule has 5 nitrogen and oxygen atoms in total. The molecule has 1 amide bonds.